The molecule has 0 aliphatic rings. The van der Waals surface area contributed by atoms with E-state index in [0.717, 1.165) is 6.42 Å². The maximum absolute atomic E-state index is 12.5. The van der Waals surface area contributed by atoms with E-state index in [0.29, 0.717) is 6.42 Å². The average molecular weight is 343 g/mol. The van der Waals surface area contributed by atoms with Gasteiger partial charge in [-0.05, 0) is 18.6 Å². The summed E-state index contributed by atoms with van der Waals surface area (Å²) in [6.07, 6.45) is 1.11. The molecule has 0 bridgehead atoms. The number of carboxylic acids is 1. The smallest absolute Gasteiger partial charge is 0.398 e. The Balaban J connectivity index is 2.76. The van der Waals surface area contributed by atoms with E-state index in [1.54, 1.807) is 30.3 Å². The van der Waals surface area contributed by atoms with Gasteiger partial charge in [0.15, 0.2) is 0 Å². The lowest BCUT2D eigenvalue weighted by Crippen LogP contribution is -2.36. The molecule has 0 aromatic heterocycles. The van der Waals surface area contributed by atoms with Crippen molar-refractivity contribution in [2.45, 2.75) is 44.8 Å². The summed E-state index contributed by atoms with van der Waals surface area (Å²) in [5.74, 6) is -2.51. The van der Waals surface area contributed by atoms with Crippen molar-refractivity contribution in [1.82, 2.24) is 5.32 Å². The van der Waals surface area contributed by atoms with Crippen LogP contribution in [0, 0.1) is 0 Å². The van der Waals surface area contributed by atoms with Crippen molar-refractivity contribution in [2.75, 3.05) is 0 Å². The van der Waals surface area contributed by atoms with Crippen LogP contribution in [0.3, 0.4) is 0 Å². The molecule has 0 aliphatic heterocycles. The van der Waals surface area contributed by atoms with Crippen LogP contribution in [0.1, 0.15) is 39.0 Å². The van der Waals surface area contributed by atoms with E-state index in [2.05, 4.69) is 5.32 Å². The maximum Gasteiger partial charge on any atom is 0.398 e. The fourth-order valence-corrected chi connectivity index (χ4v) is 3.26. The SMILES string of the molecule is CCCC[C@H](NC(=O)CCC(=O)O)P(=O)(O)Oc1ccccc1. The highest BCUT2D eigenvalue weighted by molar-refractivity contribution is 7.54. The molecule has 23 heavy (non-hydrogen) atoms. The number of aliphatic carboxylic acids is 1. The number of amides is 1. The third kappa shape index (κ3) is 7.30. The number of carboxylic acid groups (broad SMARTS) is 1. The second-order valence-corrected chi connectivity index (χ2v) is 7.02. The van der Waals surface area contributed by atoms with E-state index in [-0.39, 0.29) is 25.0 Å². The van der Waals surface area contributed by atoms with Gasteiger partial charge in [0.05, 0.1) is 6.42 Å². The molecule has 1 amide bonds. The number of nitrogens with one attached hydrogen (secondary N) is 1. The molecular weight excluding hydrogens is 321 g/mol. The molecular formula is C15H22NO6P. The topological polar surface area (TPSA) is 113 Å². The Hall–Kier alpha value is -1.85. The third-order valence-electron chi connectivity index (χ3n) is 3.10. The summed E-state index contributed by atoms with van der Waals surface area (Å²) in [6, 6.07) is 8.18. The molecule has 0 saturated heterocycles. The van der Waals surface area contributed by atoms with Crippen LogP contribution in [0.2, 0.25) is 0 Å². The van der Waals surface area contributed by atoms with Gasteiger partial charge in [0, 0.05) is 6.42 Å². The first kappa shape index (κ1) is 19.2. The summed E-state index contributed by atoms with van der Waals surface area (Å²) in [4.78, 5) is 32.4. The largest absolute Gasteiger partial charge is 0.481 e. The second-order valence-electron chi connectivity index (χ2n) is 5.09. The third-order valence-corrected chi connectivity index (χ3v) is 4.75. The minimum atomic E-state index is -4.13. The molecule has 0 radical (unpaired) electrons. The van der Waals surface area contributed by atoms with Crippen molar-refractivity contribution >= 4 is 19.5 Å². The molecule has 8 heteroatoms. The molecule has 1 aromatic rings. The van der Waals surface area contributed by atoms with Crippen LogP contribution >= 0.6 is 7.60 Å². The van der Waals surface area contributed by atoms with Gasteiger partial charge in [0.2, 0.25) is 5.91 Å². The lowest BCUT2D eigenvalue weighted by molar-refractivity contribution is -0.138. The lowest BCUT2D eigenvalue weighted by atomic mass is 10.2. The predicted molar refractivity (Wildman–Crippen MR) is 85.2 cm³/mol. The minimum absolute atomic E-state index is 0.236. The van der Waals surface area contributed by atoms with E-state index in [9.17, 15) is 19.0 Å². The fourth-order valence-electron chi connectivity index (χ4n) is 1.89. The van der Waals surface area contributed by atoms with Crippen LogP contribution < -0.4 is 9.84 Å². The van der Waals surface area contributed by atoms with Gasteiger partial charge in [-0.2, -0.15) is 0 Å². The molecule has 1 unspecified atom stereocenters. The van der Waals surface area contributed by atoms with Gasteiger partial charge in [0.25, 0.3) is 0 Å². The number of rotatable bonds is 10. The number of hydrogen-bond donors (Lipinski definition) is 3. The number of carbonyl (C=O) groups is 2. The van der Waals surface area contributed by atoms with E-state index in [4.69, 9.17) is 9.63 Å². The summed E-state index contributed by atoms with van der Waals surface area (Å²) >= 11 is 0. The van der Waals surface area contributed by atoms with Crippen LogP contribution in [-0.4, -0.2) is 27.7 Å². The van der Waals surface area contributed by atoms with E-state index in [1.807, 2.05) is 6.92 Å². The summed E-state index contributed by atoms with van der Waals surface area (Å²) in [6.45, 7) is 1.92. The van der Waals surface area contributed by atoms with Gasteiger partial charge < -0.3 is 19.8 Å². The highest BCUT2D eigenvalue weighted by Gasteiger charge is 2.34. The highest BCUT2D eigenvalue weighted by Crippen LogP contribution is 2.48. The Morgan fingerprint density at radius 3 is 2.48 bits per heavy atom. The van der Waals surface area contributed by atoms with Crippen molar-refractivity contribution in [1.29, 1.82) is 0 Å². The highest BCUT2D eigenvalue weighted by atomic mass is 31.2. The number of hydrogen-bond acceptors (Lipinski definition) is 4. The van der Waals surface area contributed by atoms with Crippen LogP contribution in [0.4, 0.5) is 0 Å². The predicted octanol–water partition coefficient (Wildman–Crippen LogP) is 2.75. The number of carbonyl (C=O) groups excluding carboxylic acids is 1. The first-order chi connectivity index (χ1) is 10.8. The Kier molecular flexibility index (Phi) is 7.78. The van der Waals surface area contributed by atoms with Gasteiger partial charge in [-0.3, -0.25) is 9.59 Å². The van der Waals surface area contributed by atoms with Gasteiger partial charge in [-0.15, -0.1) is 0 Å². The maximum atomic E-state index is 12.5. The first-order valence-electron chi connectivity index (χ1n) is 7.43. The molecule has 0 heterocycles. The fraction of sp³-hybridized carbons (Fsp3) is 0.467. The van der Waals surface area contributed by atoms with Crippen LogP contribution in [0.15, 0.2) is 30.3 Å². The van der Waals surface area contributed by atoms with E-state index >= 15 is 0 Å². The van der Waals surface area contributed by atoms with Crippen molar-refractivity contribution in [3.8, 4) is 5.75 Å². The quantitative estimate of drug-likeness (QED) is 0.563. The molecule has 0 aliphatic carbocycles. The van der Waals surface area contributed by atoms with Gasteiger partial charge in [-0.25, -0.2) is 4.57 Å². The molecule has 2 atom stereocenters. The summed E-state index contributed by atoms with van der Waals surface area (Å²) < 4.78 is 17.6. The van der Waals surface area contributed by atoms with Crippen molar-refractivity contribution in [3.63, 3.8) is 0 Å². The van der Waals surface area contributed by atoms with Crippen molar-refractivity contribution < 1.29 is 28.7 Å². The van der Waals surface area contributed by atoms with Crippen LogP contribution in [-0.2, 0) is 14.2 Å². The molecule has 128 valence electrons. The Morgan fingerprint density at radius 2 is 1.91 bits per heavy atom. The average Bonchev–Trinajstić information content (AvgIpc) is 2.49. The second kappa shape index (κ2) is 9.33. The molecule has 0 spiro atoms. The molecule has 3 N–H and O–H groups in total. The molecule has 7 nitrogen and oxygen atoms in total. The first-order valence-corrected chi connectivity index (χ1v) is 9.08. The van der Waals surface area contributed by atoms with Crippen molar-refractivity contribution in [2.24, 2.45) is 0 Å². The van der Waals surface area contributed by atoms with E-state index in [1.165, 1.54) is 0 Å². The number of unbranched alkanes of at least 4 members (excludes halogenated alkanes) is 1. The number of benzene rings is 1. The van der Waals surface area contributed by atoms with Gasteiger partial charge >= 0.3 is 13.6 Å². The summed E-state index contributed by atoms with van der Waals surface area (Å²) in [5, 5.41) is 11.0. The zero-order valence-corrected chi connectivity index (χ0v) is 13.9. The zero-order valence-electron chi connectivity index (χ0n) is 13.0. The molecule has 0 saturated carbocycles. The Bertz CT molecular complexity index is 562. The standard InChI is InChI=1S/C15H22NO6P/c1-2-3-9-14(16-13(17)10-11-15(18)19)23(20,21)22-12-7-5-4-6-8-12/h4-8,14H,2-3,9-11H2,1H3,(H,16,17)(H,18,19)(H,20,21)/t14-/m1/s1. The van der Waals surface area contributed by atoms with Crippen LogP contribution in [0.25, 0.3) is 0 Å². The zero-order chi connectivity index (χ0) is 17.3. The number of para-hydroxylation sites is 1. The summed E-state index contributed by atoms with van der Waals surface area (Å²) in [5.41, 5.74) is 0. The summed E-state index contributed by atoms with van der Waals surface area (Å²) in [7, 11) is -4.13. The van der Waals surface area contributed by atoms with Crippen molar-refractivity contribution in [3.05, 3.63) is 30.3 Å². The molecule has 0 fully saturated rings. The van der Waals surface area contributed by atoms with Crippen LogP contribution in [0.5, 0.6) is 5.75 Å². The molecule has 1 rings (SSSR count). The molecule has 1 aromatic carbocycles. The van der Waals surface area contributed by atoms with E-state index < -0.39 is 25.3 Å². The Labute approximate surface area is 135 Å². The monoisotopic (exact) mass is 343 g/mol. The van der Waals surface area contributed by atoms with Gasteiger partial charge in [-0.1, -0.05) is 38.0 Å². The normalized spacial score (nSPS) is 14.5. The minimum Gasteiger partial charge on any atom is -0.481 e. The Morgan fingerprint density at radius 1 is 1.26 bits per heavy atom. The van der Waals surface area contributed by atoms with Gasteiger partial charge in [0.1, 0.15) is 11.5 Å². The lowest BCUT2D eigenvalue weighted by Gasteiger charge is -2.24.